The molecule has 3 aliphatic rings. The second-order valence-electron chi connectivity index (χ2n) is 10.7. The van der Waals surface area contributed by atoms with Gasteiger partial charge in [-0.2, -0.15) is 13.2 Å². The number of rotatable bonds is 4. The molecule has 0 radical (unpaired) electrons. The number of piperidine rings is 1. The molecular formula is C25H28F3N3O4S. The molecule has 1 aromatic carbocycles. The van der Waals surface area contributed by atoms with E-state index in [4.69, 9.17) is 0 Å². The lowest BCUT2D eigenvalue weighted by Crippen LogP contribution is -2.63. The fraction of sp³-hybridized carbons (Fsp3) is 0.520. The smallest absolute Gasteiger partial charge is 0.338 e. The molecule has 5 rings (SSSR count). The molecular weight excluding hydrogens is 495 g/mol. The average Bonchev–Trinajstić information content (AvgIpc) is 3.59. The molecule has 1 saturated heterocycles. The summed E-state index contributed by atoms with van der Waals surface area (Å²) >= 11 is 0. The van der Waals surface area contributed by atoms with Crippen LogP contribution in [0.4, 0.5) is 13.2 Å². The summed E-state index contributed by atoms with van der Waals surface area (Å²) in [6, 6.07) is 8.84. The van der Waals surface area contributed by atoms with E-state index in [1.165, 1.54) is 34.9 Å². The van der Waals surface area contributed by atoms with Gasteiger partial charge in [0.25, 0.3) is 11.7 Å². The van der Waals surface area contributed by atoms with Gasteiger partial charge in [-0.25, -0.2) is 8.42 Å². The van der Waals surface area contributed by atoms with Crippen molar-refractivity contribution in [2.24, 2.45) is 0 Å². The number of nitrogens with one attached hydrogen (secondary N) is 1. The van der Waals surface area contributed by atoms with Crippen molar-refractivity contribution in [1.82, 2.24) is 14.8 Å². The number of fused-ring (bicyclic) bond motifs is 2. The van der Waals surface area contributed by atoms with Crippen LogP contribution in [0.15, 0.2) is 41.3 Å². The number of likely N-dealkylation sites (tertiary alicyclic amines) is 1. The van der Waals surface area contributed by atoms with Crippen molar-refractivity contribution < 1.29 is 31.2 Å². The van der Waals surface area contributed by atoms with Crippen molar-refractivity contribution in [3.8, 4) is 0 Å². The SMILES string of the molecule is CC1(C)Cn2c(C(=O)C(F)(F)F)ccc2C2(CCN(C(=O)c3ccc(S(=O)(=O)C4CC4)cc3)CC2)N1. The van der Waals surface area contributed by atoms with E-state index in [0.29, 0.717) is 50.0 Å². The van der Waals surface area contributed by atoms with Gasteiger partial charge in [0, 0.05) is 36.4 Å². The first-order valence-corrected chi connectivity index (χ1v) is 13.5. The number of benzene rings is 1. The Morgan fingerprint density at radius 3 is 2.17 bits per heavy atom. The highest BCUT2D eigenvalue weighted by molar-refractivity contribution is 7.92. The fourth-order valence-electron chi connectivity index (χ4n) is 5.56. The lowest BCUT2D eigenvalue weighted by molar-refractivity contribution is -0.0892. The molecule has 1 spiro atoms. The Morgan fingerprint density at radius 2 is 1.61 bits per heavy atom. The van der Waals surface area contributed by atoms with Crippen molar-refractivity contribution in [2.45, 2.75) is 73.5 Å². The molecule has 2 aromatic rings. The molecule has 11 heteroatoms. The largest absolute Gasteiger partial charge is 0.456 e. The Kier molecular flexibility index (Phi) is 5.68. The average molecular weight is 524 g/mol. The highest BCUT2D eigenvalue weighted by Gasteiger charge is 2.49. The fourth-order valence-corrected chi connectivity index (χ4v) is 7.22. The number of ketones is 1. The lowest BCUT2D eigenvalue weighted by Gasteiger charge is -2.51. The molecule has 0 unspecified atom stereocenters. The van der Waals surface area contributed by atoms with Gasteiger partial charge in [0.05, 0.1) is 21.4 Å². The van der Waals surface area contributed by atoms with E-state index < -0.39 is 32.9 Å². The van der Waals surface area contributed by atoms with Crippen molar-refractivity contribution in [2.75, 3.05) is 13.1 Å². The van der Waals surface area contributed by atoms with Gasteiger partial charge in [0.2, 0.25) is 0 Å². The quantitative estimate of drug-likeness (QED) is 0.618. The van der Waals surface area contributed by atoms with Crippen LogP contribution < -0.4 is 5.32 Å². The van der Waals surface area contributed by atoms with Crippen LogP contribution in [0.1, 0.15) is 66.1 Å². The van der Waals surface area contributed by atoms with Crippen LogP contribution in [0.3, 0.4) is 0 Å². The van der Waals surface area contributed by atoms with Gasteiger partial charge in [-0.3, -0.25) is 14.9 Å². The van der Waals surface area contributed by atoms with E-state index in [-0.39, 0.29) is 28.3 Å². The standard InChI is InChI=1S/C25H28F3N3O4S/c1-23(2)15-31-19(21(32)25(26,27)28)9-10-20(31)24(29-23)11-13-30(14-12-24)22(33)16-3-5-17(6-4-16)36(34,35)18-7-8-18/h3-6,9-10,18,29H,7-8,11-15H2,1-2H3. The minimum Gasteiger partial charge on any atom is -0.338 e. The highest BCUT2D eigenvalue weighted by atomic mass is 32.2. The molecule has 36 heavy (non-hydrogen) atoms. The van der Waals surface area contributed by atoms with Gasteiger partial charge in [-0.05, 0) is 75.9 Å². The van der Waals surface area contributed by atoms with Gasteiger partial charge < -0.3 is 9.47 Å². The number of aromatic nitrogens is 1. The summed E-state index contributed by atoms with van der Waals surface area (Å²) in [5, 5.41) is 3.25. The van der Waals surface area contributed by atoms with Crippen molar-refractivity contribution in [3.63, 3.8) is 0 Å². The Hall–Kier alpha value is -2.66. The predicted octanol–water partition coefficient (Wildman–Crippen LogP) is 3.68. The molecule has 3 heterocycles. The van der Waals surface area contributed by atoms with E-state index in [9.17, 15) is 31.2 Å². The predicted molar refractivity (Wildman–Crippen MR) is 125 cm³/mol. The number of sulfone groups is 1. The van der Waals surface area contributed by atoms with Crippen LogP contribution in [0.25, 0.3) is 0 Å². The maximum absolute atomic E-state index is 13.2. The Morgan fingerprint density at radius 1 is 1.00 bits per heavy atom. The summed E-state index contributed by atoms with van der Waals surface area (Å²) in [4.78, 5) is 27.1. The number of amides is 1. The zero-order valence-corrected chi connectivity index (χ0v) is 20.9. The molecule has 2 fully saturated rings. The zero-order chi connectivity index (χ0) is 26.1. The van der Waals surface area contributed by atoms with Crippen LogP contribution in [0.5, 0.6) is 0 Å². The van der Waals surface area contributed by atoms with Crippen LogP contribution in [-0.4, -0.2) is 59.6 Å². The minimum atomic E-state index is -4.96. The highest BCUT2D eigenvalue weighted by Crippen LogP contribution is 2.41. The third-order valence-electron chi connectivity index (χ3n) is 7.39. The van der Waals surface area contributed by atoms with E-state index in [0.717, 1.165) is 0 Å². The van der Waals surface area contributed by atoms with Crippen LogP contribution in [0.2, 0.25) is 0 Å². The number of carbonyl (C=O) groups is 2. The summed E-state index contributed by atoms with van der Waals surface area (Å²) in [5.74, 6) is -2.08. The molecule has 194 valence electrons. The summed E-state index contributed by atoms with van der Waals surface area (Å²) < 4.78 is 65.9. The third kappa shape index (κ3) is 4.26. The minimum absolute atomic E-state index is 0.215. The van der Waals surface area contributed by atoms with Gasteiger partial charge in [0.1, 0.15) is 0 Å². The molecule has 7 nitrogen and oxygen atoms in total. The van der Waals surface area contributed by atoms with Crippen molar-refractivity contribution in [3.05, 3.63) is 53.3 Å². The van der Waals surface area contributed by atoms with Crippen LogP contribution >= 0.6 is 0 Å². The normalized spacial score (nSPS) is 21.3. The molecule has 1 amide bonds. The first-order chi connectivity index (χ1) is 16.7. The monoisotopic (exact) mass is 523 g/mol. The molecule has 0 atom stereocenters. The van der Waals surface area contributed by atoms with Crippen LogP contribution in [-0.2, 0) is 21.9 Å². The summed E-state index contributed by atoms with van der Waals surface area (Å²) in [6.45, 7) is 4.70. The van der Waals surface area contributed by atoms with Crippen LogP contribution in [0, 0.1) is 0 Å². The zero-order valence-electron chi connectivity index (χ0n) is 20.1. The molecule has 0 bridgehead atoms. The number of hydrogen-bond donors (Lipinski definition) is 1. The summed E-state index contributed by atoms with van der Waals surface area (Å²) in [6.07, 6.45) is -2.71. The third-order valence-corrected chi connectivity index (χ3v) is 9.67. The summed E-state index contributed by atoms with van der Waals surface area (Å²) in [7, 11) is -3.33. The van der Waals surface area contributed by atoms with E-state index in [2.05, 4.69) is 5.32 Å². The maximum Gasteiger partial charge on any atom is 0.456 e. The Labute approximate surface area is 207 Å². The second kappa shape index (κ2) is 8.17. The number of hydrogen-bond acceptors (Lipinski definition) is 5. The van der Waals surface area contributed by atoms with E-state index >= 15 is 0 Å². The number of alkyl halides is 3. The van der Waals surface area contributed by atoms with Gasteiger partial charge in [-0.1, -0.05) is 0 Å². The molecule has 2 aliphatic heterocycles. The number of carbonyl (C=O) groups excluding carboxylic acids is 2. The topological polar surface area (TPSA) is 88.5 Å². The Bertz CT molecular complexity index is 1320. The Balaban J connectivity index is 1.35. The summed E-state index contributed by atoms with van der Waals surface area (Å²) in [5.41, 5.74) is -0.603. The van der Waals surface area contributed by atoms with E-state index in [1.54, 1.807) is 11.0 Å². The number of nitrogens with zero attached hydrogens (tertiary/aromatic N) is 2. The van der Waals surface area contributed by atoms with Gasteiger partial charge >= 0.3 is 6.18 Å². The van der Waals surface area contributed by atoms with Crippen molar-refractivity contribution in [1.29, 1.82) is 0 Å². The van der Waals surface area contributed by atoms with Gasteiger partial charge in [0.15, 0.2) is 9.84 Å². The molecule has 1 aromatic heterocycles. The molecule has 1 saturated carbocycles. The van der Waals surface area contributed by atoms with Gasteiger partial charge in [-0.15, -0.1) is 0 Å². The first-order valence-electron chi connectivity index (χ1n) is 12.0. The number of Topliss-reactive ketones (excluding diaryl/α,β-unsaturated/α-hetero) is 1. The molecule has 1 aliphatic carbocycles. The molecule has 1 N–H and O–H groups in total. The second-order valence-corrected chi connectivity index (χ2v) is 12.9. The van der Waals surface area contributed by atoms with E-state index in [1.807, 2.05) is 13.8 Å². The lowest BCUT2D eigenvalue weighted by atomic mass is 9.79. The first kappa shape index (κ1) is 25.0. The maximum atomic E-state index is 13.2. The number of halogens is 3. The van der Waals surface area contributed by atoms with Crippen molar-refractivity contribution >= 4 is 21.5 Å².